The van der Waals surface area contributed by atoms with E-state index in [9.17, 15) is 13.6 Å². The summed E-state index contributed by atoms with van der Waals surface area (Å²) < 4.78 is 35.2. The molecular weight excluding hydrogens is 362 g/mol. The van der Waals surface area contributed by atoms with Crippen molar-refractivity contribution in [3.05, 3.63) is 48.0 Å². The molecule has 2 aromatic carbocycles. The van der Waals surface area contributed by atoms with Crippen LogP contribution in [0.25, 0.3) is 0 Å². The third-order valence-electron chi connectivity index (χ3n) is 3.67. The quantitative estimate of drug-likeness (QED) is 0.741. The van der Waals surface area contributed by atoms with E-state index >= 15 is 0 Å². The predicted molar refractivity (Wildman–Crippen MR) is 95.8 cm³/mol. The van der Waals surface area contributed by atoms with Crippen LogP contribution in [-0.4, -0.2) is 36.9 Å². The molecule has 8 heteroatoms. The van der Waals surface area contributed by atoms with E-state index in [0.717, 1.165) is 11.3 Å². The van der Waals surface area contributed by atoms with E-state index in [1.165, 1.54) is 0 Å². The predicted octanol–water partition coefficient (Wildman–Crippen LogP) is 3.80. The summed E-state index contributed by atoms with van der Waals surface area (Å²) in [4.78, 5) is 14.5. The number of benzene rings is 2. The van der Waals surface area contributed by atoms with E-state index in [4.69, 9.17) is 9.47 Å². The lowest BCUT2D eigenvalue weighted by Gasteiger charge is -2.16. The number of amides is 1. The molecule has 1 N–H and O–H groups in total. The van der Waals surface area contributed by atoms with Gasteiger partial charge in [-0.05, 0) is 49.0 Å². The van der Waals surface area contributed by atoms with Gasteiger partial charge in [0.25, 0.3) is 5.76 Å². The Morgan fingerprint density at radius 3 is 2.65 bits per heavy atom. The fraction of sp³-hybridized carbons (Fsp3) is 0.278. The van der Waals surface area contributed by atoms with E-state index in [2.05, 4.69) is 5.32 Å². The maximum absolute atomic E-state index is 12.3. The van der Waals surface area contributed by atoms with Crippen molar-refractivity contribution in [3.8, 4) is 11.5 Å². The second-order valence-corrected chi connectivity index (χ2v) is 6.87. The van der Waals surface area contributed by atoms with Gasteiger partial charge in [0.2, 0.25) is 12.7 Å². The van der Waals surface area contributed by atoms with E-state index in [0.29, 0.717) is 34.6 Å². The summed E-state index contributed by atoms with van der Waals surface area (Å²) in [6, 6.07) is 12.0. The van der Waals surface area contributed by atoms with Gasteiger partial charge in [0, 0.05) is 17.1 Å². The van der Waals surface area contributed by atoms with Gasteiger partial charge in [-0.1, -0.05) is 17.8 Å². The number of rotatable bonds is 7. The van der Waals surface area contributed by atoms with Crippen LogP contribution < -0.4 is 14.8 Å². The molecule has 0 atom stereocenters. The summed E-state index contributed by atoms with van der Waals surface area (Å²) in [6.07, 6.45) is 0. The van der Waals surface area contributed by atoms with Crippen LogP contribution in [0.1, 0.15) is 5.56 Å². The molecule has 0 saturated carbocycles. The molecule has 1 aliphatic rings. The molecule has 26 heavy (non-hydrogen) atoms. The number of nitrogens with zero attached hydrogens (tertiary/aromatic N) is 1. The highest BCUT2D eigenvalue weighted by atomic mass is 32.2. The number of fused-ring (bicyclic) bond motifs is 1. The van der Waals surface area contributed by atoms with Gasteiger partial charge in [-0.2, -0.15) is 8.78 Å². The molecular formula is C18H18F2N2O3S. The number of hydrogen-bond donors (Lipinski definition) is 1. The van der Waals surface area contributed by atoms with Crippen molar-refractivity contribution in [1.82, 2.24) is 4.90 Å². The minimum absolute atomic E-state index is 0.178. The number of anilines is 1. The molecule has 0 radical (unpaired) electrons. The number of halogens is 2. The first-order valence-corrected chi connectivity index (χ1v) is 8.79. The summed E-state index contributed by atoms with van der Waals surface area (Å²) in [7, 11) is 1.84. The van der Waals surface area contributed by atoms with E-state index in [-0.39, 0.29) is 19.2 Å². The van der Waals surface area contributed by atoms with Crippen LogP contribution in [0.2, 0.25) is 0 Å². The van der Waals surface area contributed by atoms with Crippen molar-refractivity contribution in [1.29, 1.82) is 0 Å². The number of likely N-dealkylation sites (N-methyl/N-ethyl adjacent to an activating group) is 1. The van der Waals surface area contributed by atoms with Gasteiger partial charge in [0.05, 0.1) is 6.54 Å². The number of nitrogens with one attached hydrogen (secondary N) is 1. The summed E-state index contributed by atoms with van der Waals surface area (Å²) >= 11 is 0.473. The van der Waals surface area contributed by atoms with Crippen molar-refractivity contribution in [2.75, 3.05) is 25.7 Å². The van der Waals surface area contributed by atoms with Gasteiger partial charge in [0.15, 0.2) is 11.5 Å². The van der Waals surface area contributed by atoms with Crippen molar-refractivity contribution in [2.24, 2.45) is 0 Å². The lowest BCUT2D eigenvalue weighted by atomic mass is 10.2. The zero-order chi connectivity index (χ0) is 18.5. The number of thioether (sulfide) groups is 1. The molecule has 0 saturated heterocycles. The Hall–Kier alpha value is -2.32. The van der Waals surface area contributed by atoms with Gasteiger partial charge < -0.3 is 14.8 Å². The smallest absolute Gasteiger partial charge is 0.288 e. The molecule has 1 aliphatic heterocycles. The Bertz CT molecular complexity index is 772. The Balaban J connectivity index is 1.49. The minimum Gasteiger partial charge on any atom is -0.454 e. The molecule has 0 aromatic heterocycles. The molecule has 0 aliphatic carbocycles. The zero-order valence-electron chi connectivity index (χ0n) is 14.1. The van der Waals surface area contributed by atoms with E-state index < -0.39 is 5.76 Å². The Morgan fingerprint density at radius 1 is 1.19 bits per heavy atom. The highest BCUT2D eigenvalue weighted by Gasteiger charge is 2.14. The molecule has 0 fully saturated rings. The van der Waals surface area contributed by atoms with Gasteiger partial charge in [-0.15, -0.1) is 0 Å². The van der Waals surface area contributed by atoms with E-state index in [1.807, 2.05) is 30.1 Å². The second kappa shape index (κ2) is 8.37. The summed E-state index contributed by atoms with van der Waals surface area (Å²) in [5.41, 5.74) is 1.59. The van der Waals surface area contributed by atoms with Crippen molar-refractivity contribution < 1.29 is 23.0 Å². The number of ether oxygens (including phenoxy) is 2. The van der Waals surface area contributed by atoms with Gasteiger partial charge in [-0.3, -0.25) is 9.69 Å². The molecule has 3 rings (SSSR count). The molecule has 2 aromatic rings. The molecule has 0 bridgehead atoms. The summed E-state index contributed by atoms with van der Waals surface area (Å²) in [5.74, 6) is -1.20. The number of alkyl halides is 2. The first-order valence-electron chi connectivity index (χ1n) is 7.91. The van der Waals surface area contributed by atoms with Crippen LogP contribution in [0, 0.1) is 0 Å². The second-order valence-electron chi connectivity index (χ2n) is 5.81. The largest absolute Gasteiger partial charge is 0.454 e. The van der Waals surface area contributed by atoms with Crippen LogP contribution >= 0.6 is 11.8 Å². The first-order chi connectivity index (χ1) is 12.5. The summed E-state index contributed by atoms with van der Waals surface area (Å²) in [5, 5.41) is 2.76. The van der Waals surface area contributed by atoms with Gasteiger partial charge >= 0.3 is 0 Å². The summed E-state index contributed by atoms with van der Waals surface area (Å²) in [6.45, 7) is 1.00. The number of hydrogen-bond acceptors (Lipinski definition) is 5. The SMILES string of the molecule is CN(CC(=O)Nc1ccc(SC(F)F)cc1)Cc1ccc2c(c1)OCO2. The zero-order valence-corrected chi connectivity index (χ0v) is 14.9. The van der Waals surface area contributed by atoms with E-state index in [1.54, 1.807) is 24.3 Å². The fourth-order valence-electron chi connectivity index (χ4n) is 2.57. The molecule has 5 nitrogen and oxygen atoms in total. The van der Waals surface area contributed by atoms with Gasteiger partial charge in [0.1, 0.15) is 0 Å². The molecule has 0 unspecified atom stereocenters. The highest BCUT2D eigenvalue weighted by molar-refractivity contribution is 7.99. The highest BCUT2D eigenvalue weighted by Crippen LogP contribution is 2.32. The standard InChI is InChI=1S/C18H18F2N2O3S/c1-22(9-12-2-7-15-16(8-12)25-11-24-15)10-17(23)21-13-3-5-14(6-4-13)26-18(19)20/h2-8,18H,9-11H2,1H3,(H,21,23). The van der Waals surface area contributed by atoms with Crippen molar-refractivity contribution in [2.45, 2.75) is 17.2 Å². The third kappa shape index (κ3) is 5.09. The van der Waals surface area contributed by atoms with Crippen molar-refractivity contribution in [3.63, 3.8) is 0 Å². The number of carbonyl (C=O) groups excluding carboxylic acids is 1. The van der Waals surface area contributed by atoms with Crippen molar-refractivity contribution >= 4 is 23.4 Å². The lowest BCUT2D eigenvalue weighted by Crippen LogP contribution is -2.29. The van der Waals surface area contributed by atoms with Gasteiger partial charge in [-0.25, -0.2) is 0 Å². The molecule has 1 heterocycles. The average Bonchev–Trinajstić information content (AvgIpc) is 3.03. The average molecular weight is 380 g/mol. The Kier molecular flexibility index (Phi) is 5.95. The normalized spacial score (nSPS) is 12.7. The minimum atomic E-state index is -2.46. The van der Waals surface area contributed by atoms with Crippen LogP contribution in [-0.2, 0) is 11.3 Å². The molecule has 1 amide bonds. The monoisotopic (exact) mass is 380 g/mol. The van der Waals surface area contributed by atoms with Crippen LogP contribution in [0.15, 0.2) is 47.4 Å². The topological polar surface area (TPSA) is 50.8 Å². The number of carbonyl (C=O) groups is 1. The maximum Gasteiger partial charge on any atom is 0.288 e. The Morgan fingerprint density at radius 2 is 1.92 bits per heavy atom. The van der Waals surface area contributed by atoms with Crippen LogP contribution in [0.5, 0.6) is 11.5 Å². The van der Waals surface area contributed by atoms with Crippen LogP contribution in [0.4, 0.5) is 14.5 Å². The molecule has 0 spiro atoms. The molecule has 138 valence electrons. The maximum atomic E-state index is 12.3. The fourth-order valence-corrected chi connectivity index (χ4v) is 3.07. The Labute approximate surface area is 154 Å². The van der Waals surface area contributed by atoms with Crippen LogP contribution in [0.3, 0.4) is 0 Å². The first kappa shape index (κ1) is 18.5. The lowest BCUT2D eigenvalue weighted by molar-refractivity contribution is -0.117. The third-order valence-corrected chi connectivity index (χ3v) is 4.39.